The van der Waals surface area contributed by atoms with E-state index in [2.05, 4.69) is 10.00 Å². The molecule has 0 saturated heterocycles. The van der Waals surface area contributed by atoms with Crippen molar-refractivity contribution in [2.24, 2.45) is 0 Å². The van der Waals surface area contributed by atoms with Crippen LogP contribution in [0.25, 0.3) is 22.8 Å². The summed E-state index contributed by atoms with van der Waals surface area (Å²) < 4.78 is 0. The zero-order valence-corrected chi connectivity index (χ0v) is 19.1. The van der Waals surface area contributed by atoms with Crippen molar-refractivity contribution in [3.05, 3.63) is 89.0 Å². The number of anilines is 1. The van der Waals surface area contributed by atoms with Gasteiger partial charge >= 0.3 is 5.82 Å². The maximum Gasteiger partial charge on any atom is 0.340 e. The van der Waals surface area contributed by atoms with Gasteiger partial charge in [0, 0.05) is 47.5 Å². The molecule has 1 aromatic heterocycles. The Kier molecular flexibility index (Phi) is 7.16. The van der Waals surface area contributed by atoms with Gasteiger partial charge in [0.15, 0.2) is 5.69 Å². The van der Waals surface area contributed by atoms with E-state index in [1.165, 1.54) is 12.1 Å². The summed E-state index contributed by atoms with van der Waals surface area (Å²) in [6, 6.07) is 23.7. The standard InChI is InChI=1S/C23H21Cl2N6O2/c24-14-16-28(17-15-25)19-6-8-20(9-7-19)29-26-23(18-4-2-1-3-5-18)27-30(29)21-10-12-22(13-11-21)31(32)33/h1-13H,14-17H2/q+1. The highest BCUT2D eigenvalue weighted by Gasteiger charge is 2.24. The number of non-ortho nitro benzene ring substituents is 1. The molecule has 0 spiro atoms. The Morgan fingerprint density at radius 3 is 2.12 bits per heavy atom. The van der Waals surface area contributed by atoms with Crippen molar-refractivity contribution < 1.29 is 9.72 Å². The zero-order valence-electron chi connectivity index (χ0n) is 17.6. The van der Waals surface area contributed by atoms with Crippen LogP contribution >= 0.6 is 23.2 Å². The topological polar surface area (TPSA) is 81.0 Å². The molecule has 3 aromatic carbocycles. The summed E-state index contributed by atoms with van der Waals surface area (Å²) >= 11 is 11.9. The number of hydrogen-bond acceptors (Lipinski definition) is 5. The van der Waals surface area contributed by atoms with Crippen molar-refractivity contribution in [2.75, 3.05) is 29.7 Å². The molecule has 0 bridgehead atoms. The molecule has 0 atom stereocenters. The van der Waals surface area contributed by atoms with Crippen molar-refractivity contribution in [1.82, 2.24) is 15.0 Å². The van der Waals surface area contributed by atoms with Crippen LogP contribution in [0.3, 0.4) is 0 Å². The lowest BCUT2D eigenvalue weighted by Gasteiger charge is -2.22. The molecule has 0 fully saturated rings. The van der Waals surface area contributed by atoms with Crippen molar-refractivity contribution in [3.8, 4) is 22.8 Å². The van der Waals surface area contributed by atoms with E-state index in [4.69, 9.17) is 28.3 Å². The number of benzene rings is 3. The fraction of sp³-hybridized carbons (Fsp3) is 0.174. The molecular weight excluding hydrogens is 463 g/mol. The Morgan fingerprint density at radius 2 is 1.55 bits per heavy atom. The molecule has 0 N–H and O–H groups in total. The van der Waals surface area contributed by atoms with Crippen LogP contribution in [0, 0.1) is 10.1 Å². The Bertz CT molecular complexity index is 1210. The first-order valence-electron chi connectivity index (χ1n) is 10.3. The molecular formula is C23H21Cl2N6O2+. The molecule has 8 nitrogen and oxygen atoms in total. The van der Waals surface area contributed by atoms with Gasteiger partial charge in [0.25, 0.3) is 5.69 Å². The summed E-state index contributed by atoms with van der Waals surface area (Å²) in [4.78, 5) is 16.0. The number of halogens is 2. The maximum atomic E-state index is 11.1. The van der Waals surface area contributed by atoms with E-state index >= 15 is 0 Å². The molecule has 4 aromatic rings. The number of tetrazole rings is 1. The minimum absolute atomic E-state index is 0.0109. The highest BCUT2D eigenvalue weighted by atomic mass is 35.5. The van der Waals surface area contributed by atoms with Gasteiger partial charge in [0.1, 0.15) is 5.69 Å². The smallest absolute Gasteiger partial charge is 0.340 e. The molecule has 4 rings (SSSR count). The van der Waals surface area contributed by atoms with E-state index in [0.717, 1.165) is 16.9 Å². The highest BCUT2D eigenvalue weighted by Crippen LogP contribution is 2.19. The van der Waals surface area contributed by atoms with E-state index in [-0.39, 0.29) is 5.69 Å². The zero-order chi connectivity index (χ0) is 23.2. The molecule has 0 radical (unpaired) electrons. The van der Waals surface area contributed by atoms with Crippen LogP contribution in [0.15, 0.2) is 78.9 Å². The molecule has 10 heteroatoms. The van der Waals surface area contributed by atoms with E-state index in [1.54, 1.807) is 21.7 Å². The second kappa shape index (κ2) is 10.4. The number of hydrogen-bond donors (Lipinski definition) is 0. The van der Waals surface area contributed by atoms with Crippen molar-refractivity contribution in [2.45, 2.75) is 0 Å². The monoisotopic (exact) mass is 483 g/mol. The van der Waals surface area contributed by atoms with Crippen molar-refractivity contribution in [1.29, 1.82) is 0 Å². The summed E-state index contributed by atoms with van der Waals surface area (Å²) in [6.45, 7) is 1.38. The van der Waals surface area contributed by atoms with Gasteiger partial charge in [-0.25, -0.2) is 0 Å². The average molecular weight is 484 g/mol. The fourth-order valence-corrected chi connectivity index (χ4v) is 3.81. The lowest BCUT2D eigenvalue weighted by atomic mass is 10.2. The Balaban J connectivity index is 1.76. The third kappa shape index (κ3) is 5.13. The number of rotatable bonds is 9. The number of nitro benzene ring substituents is 1. The average Bonchev–Trinajstić information content (AvgIpc) is 3.30. The molecule has 168 valence electrons. The summed E-state index contributed by atoms with van der Waals surface area (Å²) in [6.07, 6.45) is 0. The SMILES string of the molecule is O=[N+]([O-])c1ccc(-[n+]2nc(-c3ccccc3)nn2-c2ccc(N(CCCl)CCCl)cc2)cc1. The normalized spacial score (nSPS) is 10.8. The van der Waals surface area contributed by atoms with Gasteiger partial charge in [-0.15, -0.1) is 23.2 Å². The molecule has 33 heavy (non-hydrogen) atoms. The van der Waals surface area contributed by atoms with Crippen LogP contribution < -0.4 is 9.70 Å². The molecule has 0 amide bonds. The minimum atomic E-state index is -0.430. The van der Waals surface area contributed by atoms with Crippen LogP contribution in [0.2, 0.25) is 0 Å². The third-order valence-corrected chi connectivity index (χ3v) is 5.37. The number of aromatic nitrogens is 4. The molecule has 0 aliphatic rings. The first kappa shape index (κ1) is 22.7. The van der Waals surface area contributed by atoms with Crippen LogP contribution in [0.5, 0.6) is 0 Å². The van der Waals surface area contributed by atoms with E-state index in [9.17, 15) is 10.1 Å². The fourth-order valence-electron chi connectivity index (χ4n) is 3.40. The number of nitro groups is 1. The number of alkyl halides is 2. The van der Waals surface area contributed by atoms with E-state index < -0.39 is 4.92 Å². The van der Waals surface area contributed by atoms with Gasteiger partial charge in [-0.2, -0.15) is 0 Å². The van der Waals surface area contributed by atoms with Crippen molar-refractivity contribution >= 4 is 34.6 Å². The second-order valence-corrected chi connectivity index (χ2v) is 7.88. The van der Waals surface area contributed by atoms with Gasteiger partial charge in [-0.3, -0.25) is 10.1 Å². The van der Waals surface area contributed by atoms with E-state index in [0.29, 0.717) is 36.4 Å². The lowest BCUT2D eigenvalue weighted by molar-refractivity contribution is -0.734. The van der Waals surface area contributed by atoms with Crippen LogP contribution in [0.1, 0.15) is 0 Å². The Hall–Kier alpha value is -3.49. The summed E-state index contributed by atoms with van der Waals surface area (Å²) in [5, 5.41) is 20.4. The minimum Gasteiger partial charge on any atom is -0.369 e. The molecule has 0 aliphatic heterocycles. The summed E-state index contributed by atoms with van der Waals surface area (Å²) in [5.41, 5.74) is 3.30. The lowest BCUT2D eigenvalue weighted by Crippen LogP contribution is -2.43. The van der Waals surface area contributed by atoms with Crippen LogP contribution in [-0.4, -0.2) is 44.8 Å². The molecule has 0 unspecified atom stereocenters. The summed E-state index contributed by atoms with van der Waals surface area (Å²) in [5.74, 6) is 1.54. The second-order valence-electron chi connectivity index (χ2n) is 7.12. The highest BCUT2D eigenvalue weighted by molar-refractivity contribution is 6.18. The first-order chi connectivity index (χ1) is 16.1. The van der Waals surface area contributed by atoms with Gasteiger partial charge in [0.05, 0.1) is 15.6 Å². The maximum absolute atomic E-state index is 11.1. The Morgan fingerprint density at radius 1 is 0.909 bits per heavy atom. The third-order valence-electron chi connectivity index (χ3n) is 5.04. The molecule has 1 heterocycles. The molecule has 0 saturated carbocycles. The van der Waals surface area contributed by atoms with Gasteiger partial charge < -0.3 is 4.90 Å². The largest absolute Gasteiger partial charge is 0.369 e. The van der Waals surface area contributed by atoms with Gasteiger partial charge in [-0.1, -0.05) is 18.2 Å². The van der Waals surface area contributed by atoms with Gasteiger partial charge in [-0.05, 0) is 58.4 Å². The predicted octanol–water partition coefficient (Wildman–Crippen LogP) is 4.40. The predicted molar refractivity (Wildman–Crippen MR) is 129 cm³/mol. The van der Waals surface area contributed by atoms with Crippen LogP contribution in [-0.2, 0) is 0 Å². The van der Waals surface area contributed by atoms with E-state index in [1.807, 2.05) is 54.6 Å². The first-order valence-corrected chi connectivity index (χ1v) is 11.3. The van der Waals surface area contributed by atoms with Gasteiger partial charge in [0.2, 0.25) is 0 Å². The Labute approximate surface area is 200 Å². The number of nitrogens with zero attached hydrogens (tertiary/aromatic N) is 6. The van der Waals surface area contributed by atoms with Crippen LogP contribution in [0.4, 0.5) is 11.4 Å². The van der Waals surface area contributed by atoms with Crippen molar-refractivity contribution in [3.63, 3.8) is 0 Å². The molecule has 0 aliphatic carbocycles. The summed E-state index contributed by atoms with van der Waals surface area (Å²) in [7, 11) is 0. The quantitative estimate of drug-likeness (QED) is 0.152.